The maximum atomic E-state index is 13.8. The predicted molar refractivity (Wildman–Crippen MR) is 84.5 cm³/mol. The maximum absolute atomic E-state index is 13.8. The molecule has 1 aliphatic carbocycles. The van der Waals surface area contributed by atoms with Gasteiger partial charge in [0, 0.05) is 12.6 Å². The molecule has 0 aromatic heterocycles. The minimum atomic E-state index is -0.102. The van der Waals surface area contributed by atoms with Crippen LogP contribution < -0.4 is 5.32 Å². The molecule has 0 saturated heterocycles. The van der Waals surface area contributed by atoms with E-state index < -0.39 is 0 Å². The smallest absolute Gasteiger partial charge is 0.126 e. The van der Waals surface area contributed by atoms with Crippen molar-refractivity contribution in [1.29, 1.82) is 0 Å². The summed E-state index contributed by atoms with van der Waals surface area (Å²) in [4.78, 5) is 0. The zero-order valence-corrected chi connectivity index (χ0v) is 12.5. The minimum Gasteiger partial charge on any atom is -0.306 e. The van der Waals surface area contributed by atoms with E-state index >= 15 is 0 Å². The van der Waals surface area contributed by atoms with Crippen molar-refractivity contribution in [3.8, 4) is 0 Å². The van der Waals surface area contributed by atoms with E-state index in [0.717, 1.165) is 24.4 Å². The summed E-state index contributed by atoms with van der Waals surface area (Å²) >= 11 is 0. The largest absolute Gasteiger partial charge is 0.306 e. The molecule has 0 amide bonds. The Kier molecular flexibility index (Phi) is 4.35. The van der Waals surface area contributed by atoms with Crippen LogP contribution in [0, 0.1) is 18.7 Å². The van der Waals surface area contributed by atoms with E-state index in [4.69, 9.17) is 0 Å². The predicted octanol–water partition coefficient (Wildman–Crippen LogP) is 4.77. The number of hydrogen-bond acceptors (Lipinski definition) is 1. The lowest BCUT2D eigenvalue weighted by molar-refractivity contribution is 0.470. The quantitative estimate of drug-likeness (QED) is 0.805. The van der Waals surface area contributed by atoms with Gasteiger partial charge in [-0.15, -0.1) is 0 Å². The first kappa shape index (κ1) is 14.3. The Morgan fingerprint density at radius 1 is 1.14 bits per heavy atom. The van der Waals surface area contributed by atoms with Crippen LogP contribution in [0.4, 0.5) is 4.39 Å². The average molecular weight is 283 g/mol. The van der Waals surface area contributed by atoms with Crippen molar-refractivity contribution >= 4 is 0 Å². The van der Waals surface area contributed by atoms with Crippen LogP contribution in [0.2, 0.25) is 0 Å². The molecule has 0 bridgehead atoms. The van der Waals surface area contributed by atoms with E-state index in [0.29, 0.717) is 5.56 Å². The molecule has 1 saturated carbocycles. The SMILES string of the molecule is Cc1ccc([C@H](CC2CC2)NCc2ccccc2)cc1F. The zero-order valence-electron chi connectivity index (χ0n) is 12.5. The molecule has 1 aliphatic rings. The molecule has 110 valence electrons. The fourth-order valence-electron chi connectivity index (χ4n) is 2.69. The van der Waals surface area contributed by atoms with E-state index in [1.54, 1.807) is 6.07 Å². The van der Waals surface area contributed by atoms with Crippen molar-refractivity contribution < 1.29 is 4.39 Å². The second-order valence-electron chi connectivity index (χ2n) is 6.11. The number of rotatable bonds is 6. The molecule has 21 heavy (non-hydrogen) atoms. The van der Waals surface area contributed by atoms with Gasteiger partial charge in [-0.1, -0.05) is 55.3 Å². The summed E-state index contributed by atoms with van der Waals surface area (Å²) < 4.78 is 13.8. The Hall–Kier alpha value is -1.67. The number of halogens is 1. The van der Waals surface area contributed by atoms with Crippen LogP contribution in [0.5, 0.6) is 0 Å². The van der Waals surface area contributed by atoms with Crippen LogP contribution in [0.3, 0.4) is 0 Å². The summed E-state index contributed by atoms with van der Waals surface area (Å²) in [5, 5.41) is 3.60. The van der Waals surface area contributed by atoms with Gasteiger partial charge in [-0.05, 0) is 42.0 Å². The lowest BCUT2D eigenvalue weighted by atomic mass is 9.99. The Bertz CT molecular complexity index is 590. The van der Waals surface area contributed by atoms with Gasteiger partial charge in [0.15, 0.2) is 0 Å². The standard InChI is InChI=1S/C19H22FN/c1-14-7-10-17(12-18(14)20)19(11-15-8-9-15)21-13-16-5-3-2-4-6-16/h2-7,10,12,15,19,21H,8-9,11,13H2,1H3/t19-/m0/s1. The number of nitrogens with one attached hydrogen (secondary N) is 1. The molecule has 1 nitrogen and oxygen atoms in total. The molecular weight excluding hydrogens is 261 g/mol. The van der Waals surface area contributed by atoms with Crippen LogP contribution in [0.25, 0.3) is 0 Å². The zero-order chi connectivity index (χ0) is 14.7. The maximum Gasteiger partial charge on any atom is 0.126 e. The summed E-state index contributed by atoms with van der Waals surface area (Å²) in [6.45, 7) is 2.64. The van der Waals surface area contributed by atoms with Crippen LogP contribution in [0.1, 0.15) is 42.0 Å². The lowest BCUT2D eigenvalue weighted by Crippen LogP contribution is -2.21. The van der Waals surface area contributed by atoms with Gasteiger partial charge in [-0.3, -0.25) is 0 Å². The summed E-state index contributed by atoms with van der Waals surface area (Å²) in [5.74, 6) is 0.706. The molecule has 3 rings (SSSR count). The van der Waals surface area contributed by atoms with Gasteiger partial charge in [0.25, 0.3) is 0 Å². The third-order valence-corrected chi connectivity index (χ3v) is 4.26. The average Bonchev–Trinajstić information content (AvgIpc) is 3.31. The molecule has 0 unspecified atom stereocenters. The van der Waals surface area contributed by atoms with Crippen molar-refractivity contribution in [2.75, 3.05) is 0 Å². The number of aryl methyl sites for hydroxylation is 1. The molecule has 2 aromatic carbocycles. The Morgan fingerprint density at radius 2 is 1.90 bits per heavy atom. The number of hydrogen-bond donors (Lipinski definition) is 1. The van der Waals surface area contributed by atoms with E-state index in [-0.39, 0.29) is 11.9 Å². The first-order chi connectivity index (χ1) is 10.2. The van der Waals surface area contributed by atoms with E-state index in [2.05, 4.69) is 35.6 Å². The highest BCUT2D eigenvalue weighted by Gasteiger charge is 2.26. The molecule has 0 heterocycles. The van der Waals surface area contributed by atoms with Crippen LogP contribution in [-0.4, -0.2) is 0 Å². The van der Waals surface area contributed by atoms with Crippen LogP contribution in [-0.2, 0) is 6.54 Å². The van der Waals surface area contributed by atoms with Gasteiger partial charge >= 0.3 is 0 Å². The summed E-state index contributed by atoms with van der Waals surface area (Å²) in [6, 6.07) is 16.3. The summed E-state index contributed by atoms with van der Waals surface area (Å²) in [6.07, 6.45) is 3.74. The van der Waals surface area contributed by atoms with Gasteiger partial charge in [-0.2, -0.15) is 0 Å². The third-order valence-electron chi connectivity index (χ3n) is 4.26. The van der Waals surface area contributed by atoms with Gasteiger partial charge < -0.3 is 5.32 Å². The van der Waals surface area contributed by atoms with Crippen molar-refractivity contribution in [2.45, 2.75) is 38.8 Å². The molecule has 2 heteroatoms. The Labute approximate surface area is 126 Å². The summed E-state index contributed by atoms with van der Waals surface area (Å²) in [5.41, 5.74) is 3.05. The molecule has 1 N–H and O–H groups in total. The van der Waals surface area contributed by atoms with Crippen molar-refractivity contribution in [1.82, 2.24) is 5.32 Å². The molecule has 0 aliphatic heterocycles. The molecule has 0 spiro atoms. The van der Waals surface area contributed by atoms with E-state index in [1.165, 1.54) is 18.4 Å². The second kappa shape index (κ2) is 6.40. The third kappa shape index (κ3) is 3.92. The normalized spacial score (nSPS) is 15.9. The lowest BCUT2D eigenvalue weighted by Gasteiger charge is -2.20. The van der Waals surface area contributed by atoms with E-state index in [9.17, 15) is 4.39 Å². The minimum absolute atomic E-state index is 0.102. The topological polar surface area (TPSA) is 12.0 Å². The molecule has 1 fully saturated rings. The number of benzene rings is 2. The van der Waals surface area contributed by atoms with Crippen LogP contribution >= 0.6 is 0 Å². The van der Waals surface area contributed by atoms with Gasteiger partial charge in [-0.25, -0.2) is 4.39 Å². The highest BCUT2D eigenvalue weighted by Crippen LogP contribution is 2.38. The van der Waals surface area contributed by atoms with E-state index in [1.807, 2.05) is 19.1 Å². The van der Waals surface area contributed by atoms with Crippen molar-refractivity contribution in [3.05, 3.63) is 71.0 Å². The van der Waals surface area contributed by atoms with Gasteiger partial charge in [0.1, 0.15) is 5.82 Å². The van der Waals surface area contributed by atoms with Crippen LogP contribution in [0.15, 0.2) is 48.5 Å². The van der Waals surface area contributed by atoms with Gasteiger partial charge in [0.2, 0.25) is 0 Å². The highest BCUT2D eigenvalue weighted by atomic mass is 19.1. The fraction of sp³-hybridized carbons (Fsp3) is 0.368. The second-order valence-corrected chi connectivity index (χ2v) is 6.11. The molecule has 2 aromatic rings. The molecule has 0 radical (unpaired) electrons. The highest BCUT2D eigenvalue weighted by molar-refractivity contribution is 5.26. The monoisotopic (exact) mass is 283 g/mol. The van der Waals surface area contributed by atoms with Crippen molar-refractivity contribution in [2.24, 2.45) is 5.92 Å². The summed E-state index contributed by atoms with van der Waals surface area (Å²) in [7, 11) is 0. The Balaban J connectivity index is 1.72. The van der Waals surface area contributed by atoms with Crippen molar-refractivity contribution in [3.63, 3.8) is 0 Å². The molecular formula is C19H22FN. The first-order valence-corrected chi connectivity index (χ1v) is 7.76. The molecule has 1 atom stereocenters. The van der Waals surface area contributed by atoms with Gasteiger partial charge in [0.05, 0.1) is 0 Å². The Morgan fingerprint density at radius 3 is 2.57 bits per heavy atom. The fourth-order valence-corrected chi connectivity index (χ4v) is 2.69. The first-order valence-electron chi connectivity index (χ1n) is 7.76.